The van der Waals surface area contributed by atoms with Gasteiger partial charge in [0.1, 0.15) is 11.2 Å². The Bertz CT molecular complexity index is 2100. The molecular weight excluding hydrogens is 551 g/mol. The van der Waals surface area contributed by atoms with Gasteiger partial charge in [0, 0.05) is 36.3 Å². The van der Waals surface area contributed by atoms with Crippen LogP contribution in [0.25, 0.3) is 39.0 Å². The van der Waals surface area contributed by atoms with Crippen LogP contribution in [0.5, 0.6) is 0 Å². The monoisotopic (exact) mass is 580 g/mol. The highest BCUT2D eigenvalue weighted by molar-refractivity contribution is 5.96. The molecule has 43 heavy (non-hydrogen) atoms. The lowest BCUT2D eigenvalue weighted by Crippen LogP contribution is -2.58. The zero-order valence-electron chi connectivity index (χ0n) is 24.2. The second-order valence-electron chi connectivity index (χ2n) is 10.9. The number of halogens is 1. The molecular formula is C31H29FN8O3. The van der Waals surface area contributed by atoms with Crippen LogP contribution >= 0.6 is 0 Å². The highest BCUT2D eigenvalue weighted by atomic mass is 19.1. The van der Waals surface area contributed by atoms with Gasteiger partial charge in [-0.2, -0.15) is 5.10 Å². The van der Waals surface area contributed by atoms with Crippen LogP contribution < -0.4 is 16.1 Å². The number of benzene rings is 1. The molecule has 0 saturated carbocycles. The first-order valence-electron chi connectivity index (χ1n) is 13.9. The number of nitrogens with zero attached hydrogens (tertiary/aromatic N) is 7. The Kier molecular flexibility index (Phi) is 6.80. The lowest BCUT2D eigenvalue weighted by atomic mass is 10.0. The predicted molar refractivity (Wildman–Crippen MR) is 161 cm³/mol. The van der Waals surface area contributed by atoms with E-state index in [4.69, 9.17) is 11.4 Å². The van der Waals surface area contributed by atoms with Crippen LogP contribution in [0.3, 0.4) is 0 Å². The molecule has 0 spiro atoms. The van der Waals surface area contributed by atoms with Crippen LogP contribution in [0, 0.1) is 32.0 Å². The third-order valence-electron chi connectivity index (χ3n) is 7.90. The molecule has 0 radical (unpaired) electrons. The molecule has 11 nitrogen and oxygen atoms in total. The van der Waals surface area contributed by atoms with E-state index in [1.807, 2.05) is 39.8 Å². The van der Waals surface area contributed by atoms with Crippen molar-refractivity contribution >= 4 is 28.0 Å². The fourth-order valence-electron chi connectivity index (χ4n) is 5.76. The lowest BCUT2D eigenvalue weighted by Gasteiger charge is -2.36. The van der Waals surface area contributed by atoms with Crippen LogP contribution in [-0.4, -0.2) is 66.4 Å². The van der Waals surface area contributed by atoms with Gasteiger partial charge in [0.05, 0.1) is 36.2 Å². The minimum absolute atomic E-state index is 0.0208. The van der Waals surface area contributed by atoms with E-state index in [0.29, 0.717) is 33.4 Å². The first-order valence-corrected chi connectivity index (χ1v) is 13.9. The summed E-state index contributed by atoms with van der Waals surface area (Å²) in [5.41, 5.74) is 2.24. The molecule has 0 bridgehead atoms. The van der Waals surface area contributed by atoms with Crippen LogP contribution in [0.15, 0.2) is 46.2 Å². The number of nitrogens with one attached hydrogen (secondary N) is 1. The summed E-state index contributed by atoms with van der Waals surface area (Å²) in [5.74, 6) is 0.882. The molecule has 4 aromatic heterocycles. The van der Waals surface area contributed by atoms with E-state index < -0.39 is 22.8 Å². The van der Waals surface area contributed by atoms with Crippen molar-refractivity contribution in [1.82, 2.24) is 34.3 Å². The number of carbonyl (C=O) groups is 1. The van der Waals surface area contributed by atoms with Gasteiger partial charge < -0.3 is 9.91 Å². The normalized spacial score (nSPS) is 13.7. The summed E-state index contributed by atoms with van der Waals surface area (Å²) < 4.78 is 18.7. The van der Waals surface area contributed by atoms with E-state index in [9.17, 15) is 14.4 Å². The van der Waals surface area contributed by atoms with Crippen molar-refractivity contribution < 1.29 is 9.18 Å². The van der Waals surface area contributed by atoms with E-state index in [2.05, 4.69) is 21.1 Å². The molecule has 1 amide bonds. The SMILES string of the molecule is C#CC(=O)N1CCN(n2c(=O)c(=O)n(-c3c(C)ccnc3C(C)C)c3nc(-c4c(C)ccc5[nH]ncc45)c(F)cc32)CC1. The fourth-order valence-corrected chi connectivity index (χ4v) is 5.76. The van der Waals surface area contributed by atoms with Gasteiger partial charge in [-0.1, -0.05) is 19.9 Å². The van der Waals surface area contributed by atoms with Crippen LogP contribution in [0.2, 0.25) is 0 Å². The van der Waals surface area contributed by atoms with Gasteiger partial charge in [0.2, 0.25) is 0 Å². The van der Waals surface area contributed by atoms with E-state index in [0.717, 1.165) is 5.56 Å². The minimum Gasteiger partial charge on any atom is -0.328 e. The highest BCUT2D eigenvalue weighted by Crippen LogP contribution is 2.34. The van der Waals surface area contributed by atoms with Gasteiger partial charge >= 0.3 is 11.1 Å². The second kappa shape index (κ2) is 10.5. The summed E-state index contributed by atoms with van der Waals surface area (Å²) >= 11 is 0. The van der Waals surface area contributed by atoms with Gasteiger partial charge in [-0.25, -0.2) is 14.1 Å². The Labute approximate surface area is 245 Å². The molecule has 1 aliphatic heterocycles. The third kappa shape index (κ3) is 4.44. The summed E-state index contributed by atoms with van der Waals surface area (Å²) in [6, 6.07) is 6.70. The Morgan fingerprint density at radius 1 is 1.07 bits per heavy atom. The van der Waals surface area contributed by atoms with Crippen molar-refractivity contribution in [2.24, 2.45) is 0 Å². The number of piperazine rings is 1. The number of rotatable bonds is 4. The molecule has 1 aliphatic rings. The maximum atomic E-state index is 16.2. The molecule has 1 aromatic carbocycles. The Morgan fingerprint density at radius 3 is 2.51 bits per heavy atom. The number of H-pyrrole nitrogens is 1. The summed E-state index contributed by atoms with van der Waals surface area (Å²) in [5, 5.41) is 9.32. The Hall–Kier alpha value is -5.31. The molecule has 0 aliphatic carbocycles. The minimum atomic E-state index is -0.871. The number of hydrogen-bond acceptors (Lipinski definition) is 7. The molecule has 0 atom stereocenters. The standard InChI is InChI=1S/C31H29FN8O3/c1-6-24(41)37-11-13-38(14-12-37)40-23-15-21(32)27(25-18(4)7-8-22-20(25)16-34-36-22)35-29(23)39(30(42)31(40)43)28-19(5)9-10-33-26(28)17(2)3/h1,7-10,15-17H,11-14H2,2-5H3,(H,34,36). The largest absolute Gasteiger partial charge is 0.335 e. The van der Waals surface area contributed by atoms with Gasteiger partial charge in [-0.15, -0.1) is 6.42 Å². The maximum Gasteiger partial charge on any atom is 0.335 e. The number of amides is 1. The van der Waals surface area contributed by atoms with Crippen molar-refractivity contribution in [2.75, 3.05) is 31.2 Å². The van der Waals surface area contributed by atoms with Crippen LogP contribution in [-0.2, 0) is 4.79 Å². The average molecular weight is 581 g/mol. The molecule has 0 unspecified atom stereocenters. The van der Waals surface area contributed by atoms with Crippen molar-refractivity contribution in [2.45, 2.75) is 33.6 Å². The zero-order valence-corrected chi connectivity index (χ0v) is 24.2. The van der Waals surface area contributed by atoms with Crippen molar-refractivity contribution in [3.63, 3.8) is 0 Å². The smallest absolute Gasteiger partial charge is 0.328 e. The molecule has 1 N–H and O–H groups in total. The number of terminal acetylenes is 1. The topological polar surface area (TPSA) is 122 Å². The summed E-state index contributed by atoms with van der Waals surface area (Å²) in [6.07, 6.45) is 8.55. The van der Waals surface area contributed by atoms with Crippen molar-refractivity contribution in [3.05, 3.63) is 80.0 Å². The summed E-state index contributed by atoms with van der Waals surface area (Å²) in [6.45, 7) is 8.42. The highest BCUT2D eigenvalue weighted by Gasteiger charge is 2.28. The second-order valence-corrected chi connectivity index (χ2v) is 10.9. The van der Waals surface area contributed by atoms with E-state index >= 15 is 4.39 Å². The number of aryl methyl sites for hydroxylation is 2. The third-order valence-corrected chi connectivity index (χ3v) is 7.90. The van der Waals surface area contributed by atoms with Crippen molar-refractivity contribution in [3.8, 4) is 29.3 Å². The van der Waals surface area contributed by atoms with Gasteiger partial charge in [-0.3, -0.25) is 29.0 Å². The average Bonchev–Trinajstić information content (AvgIpc) is 3.47. The number of hydrogen-bond donors (Lipinski definition) is 1. The number of pyridine rings is 2. The Morgan fingerprint density at radius 2 is 1.81 bits per heavy atom. The summed E-state index contributed by atoms with van der Waals surface area (Å²) in [7, 11) is 0. The first-order chi connectivity index (χ1) is 20.6. The van der Waals surface area contributed by atoms with Crippen LogP contribution in [0.4, 0.5) is 4.39 Å². The van der Waals surface area contributed by atoms with Gasteiger partial charge in [0.25, 0.3) is 5.91 Å². The summed E-state index contributed by atoms with van der Waals surface area (Å²) in [4.78, 5) is 50.9. The van der Waals surface area contributed by atoms with E-state index in [1.54, 1.807) is 23.5 Å². The molecule has 218 valence electrons. The molecule has 1 saturated heterocycles. The Balaban J connectivity index is 1.69. The lowest BCUT2D eigenvalue weighted by molar-refractivity contribution is -0.125. The molecule has 6 rings (SSSR count). The number of carbonyl (C=O) groups excluding carboxylic acids is 1. The molecule has 5 aromatic rings. The maximum absolute atomic E-state index is 16.2. The quantitative estimate of drug-likeness (QED) is 0.256. The number of aromatic amines is 1. The van der Waals surface area contributed by atoms with E-state index in [1.165, 1.54) is 20.2 Å². The molecule has 5 heterocycles. The van der Waals surface area contributed by atoms with Gasteiger partial charge in [0.15, 0.2) is 11.5 Å². The van der Waals surface area contributed by atoms with E-state index in [-0.39, 0.29) is 49.0 Å². The molecule has 1 fully saturated rings. The zero-order chi connectivity index (χ0) is 30.6. The fraction of sp³-hybridized carbons (Fsp3) is 0.290. The van der Waals surface area contributed by atoms with Crippen molar-refractivity contribution in [1.29, 1.82) is 0 Å². The van der Waals surface area contributed by atoms with Gasteiger partial charge in [-0.05, 0) is 48.9 Å². The first kappa shape index (κ1) is 27.8. The number of fused-ring (bicyclic) bond motifs is 2. The number of aromatic nitrogens is 6. The predicted octanol–water partition coefficient (Wildman–Crippen LogP) is 2.78. The van der Waals surface area contributed by atoms with Crippen LogP contribution in [0.1, 0.15) is 36.6 Å². The molecule has 12 heteroatoms.